The molecule has 0 spiro atoms. The average Bonchev–Trinajstić information content (AvgIpc) is 2.63. The van der Waals surface area contributed by atoms with Gasteiger partial charge in [-0.2, -0.15) is 0 Å². The van der Waals surface area contributed by atoms with E-state index in [9.17, 15) is 0 Å². The van der Waals surface area contributed by atoms with Gasteiger partial charge in [-0.25, -0.2) is 0 Å². The summed E-state index contributed by atoms with van der Waals surface area (Å²) in [7, 11) is 2.02. The van der Waals surface area contributed by atoms with Crippen LogP contribution in [0.25, 0.3) is 0 Å². The molecular weight excluding hydrogens is 252 g/mol. The number of benzene rings is 1. The largest absolute Gasteiger partial charge is 0.384 e. The van der Waals surface area contributed by atoms with Crippen LogP contribution in [-0.2, 0) is 0 Å². The van der Waals surface area contributed by atoms with Gasteiger partial charge in [0.2, 0.25) is 0 Å². The Bertz CT molecular complexity index is 351. The first-order valence-corrected chi connectivity index (χ1v) is 6.21. The van der Waals surface area contributed by atoms with Crippen molar-refractivity contribution >= 4 is 21.6 Å². The predicted molar refractivity (Wildman–Crippen MR) is 68.5 cm³/mol. The van der Waals surface area contributed by atoms with Crippen molar-refractivity contribution in [2.24, 2.45) is 0 Å². The van der Waals surface area contributed by atoms with E-state index in [0.717, 1.165) is 6.54 Å². The number of hydrogen-bond acceptors (Lipinski definition) is 2. The van der Waals surface area contributed by atoms with E-state index < -0.39 is 0 Å². The van der Waals surface area contributed by atoms with Gasteiger partial charge in [0, 0.05) is 28.7 Å². The highest BCUT2D eigenvalue weighted by Crippen LogP contribution is 2.39. The fourth-order valence-electron chi connectivity index (χ4n) is 2.19. The van der Waals surface area contributed by atoms with Gasteiger partial charge in [0.1, 0.15) is 0 Å². The van der Waals surface area contributed by atoms with Gasteiger partial charge >= 0.3 is 0 Å². The van der Waals surface area contributed by atoms with Gasteiger partial charge in [-0.1, -0.05) is 22.0 Å². The lowest BCUT2D eigenvalue weighted by Gasteiger charge is -2.16. The minimum Gasteiger partial charge on any atom is -0.384 e. The van der Waals surface area contributed by atoms with E-state index in [4.69, 9.17) is 0 Å². The molecule has 2 rings (SSSR count). The van der Waals surface area contributed by atoms with Gasteiger partial charge in [0.05, 0.1) is 0 Å². The molecule has 2 atom stereocenters. The van der Waals surface area contributed by atoms with Gasteiger partial charge < -0.3 is 10.6 Å². The predicted octanol–water partition coefficient (Wildman–Crippen LogP) is 2.96. The summed E-state index contributed by atoms with van der Waals surface area (Å²) in [5.41, 5.74) is 2.73. The van der Waals surface area contributed by atoms with Crippen molar-refractivity contribution in [2.45, 2.75) is 25.3 Å². The van der Waals surface area contributed by atoms with Crippen LogP contribution < -0.4 is 10.6 Å². The Kier molecular flexibility index (Phi) is 3.32. The fourth-order valence-corrected chi connectivity index (χ4v) is 2.88. The van der Waals surface area contributed by atoms with Crippen molar-refractivity contribution in [3.05, 3.63) is 28.2 Å². The van der Waals surface area contributed by atoms with Crippen molar-refractivity contribution < 1.29 is 0 Å². The normalized spacial score (nSPS) is 20.9. The third-order valence-corrected chi connectivity index (χ3v) is 3.82. The summed E-state index contributed by atoms with van der Waals surface area (Å²) in [5, 5.41) is 6.76. The molecule has 0 aliphatic carbocycles. The SMILES string of the molecule is CNC(C)CC1CNc2cccc(Br)c21. The van der Waals surface area contributed by atoms with Gasteiger partial charge in [0.15, 0.2) is 0 Å². The lowest BCUT2D eigenvalue weighted by atomic mass is 9.94. The average molecular weight is 269 g/mol. The zero-order valence-electron chi connectivity index (χ0n) is 9.18. The highest BCUT2D eigenvalue weighted by Gasteiger charge is 2.25. The molecule has 1 aliphatic heterocycles. The van der Waals surface area contributed by atoms with E-state index in [1.807, 2.05) is 7.05 Å². The molecule has 1 aromatic rings. The molecule has 0 amide bonds. The molecule has 0 saturated carbocycles. The first-order valence-electron chi connectivity index (χ1n) is 5.42. The summed E-state index contributed by atoms with van der Waals surface area (Å²) in [5.74, 6) is 0.623. The Labute approximate surface area is 99.6 Å². The minimum atomic E-state index is 0.565. The molecule has 15 heavy (non-hydrogen) atoms. The van der Waals surface area contributed by atoms with Crippen molar-refractivity contribution in [1.82, 2.24) is 5.32 Å². The number of rotatable bonds is 3. The molecule has 0 bridgehead atoms. The summed E-state index contributed by atoms with van der Waals surface area (Å²) in [6, 6.07) is 6.93. The Morgan fingerprint density at radius 2 is 2.40 bits per heavy atom. The van der Waals surface area contributed by atoms with Gasteiger partial charge in [-0.15, -0.1) is 0 Å². The summed E-state index contributed by atoms with van der Waals surface area (Å²) in [6.45, 7) is 3.29. The molecule has 1 aromatic carbocycles. The molecule has 1 aliphatic rings. The van der Waals surface area contributed by atoms with Crippen LogP contribution in [0.1, 0.15) is 24.8 Å². The van der Waals surface area contributed by atoms with Crippen LogP contribution in [0.3, 0.4) is 0 Å². The Hall–Kier alpha value is -0.540. The van der Waals surface area contributed by atoms with Crippen LogP contribution >= 0.6 is 15.9 Å². The highest BCUT2D eigenvalue weighted by atomic mass is 79.9. The van der Waals surface area contributed by atoms with E-state index in [2.05, 4.69) is 51.7 Å². The summed E-state index contributed by atoms with van der Waals surface area (Å²) >= 11 is 3.64. The third kappa shape index (κ3) is 2.18. The first kappa shape index (κ1) is 11.0. The minimum absolute atomic E-state index is 0.565. The van der Waals surface area contributed by atoms with E-state index in [1.54, 1.807) is 0 Å². The fraction of sp³-hybridized carbons (Fsp3) is 0.500. The molecule has 3 heteroatoms. The maximum Gasteiger partial charge on any atom is 0.0387 e. The van der Waals surface area contributed by atoms with Gasteiger partial charge in [-0.3, -0.25) is 0 Å². The second-order valence-corrected chi connectivity index (χ2v) is 5.06. The molecule has 0 aromatic heterocycles. The van der Waals surface area contributed by atoms with Crippen molar-refractivity contribution in [1.29, 1.82) is 0 Å². The lowest BCUT2D eigenvalue weighted by Crippen LogP contribution is -2.24. The maximum absolute atomic E-state index is 3.64. The van der Waals surface area contributed by atoms with Crippen LogP contribution in [0.2, 0.25) is 0 Å². The summed E-state index contributed by atoms with van der Waals surface area (Å²) < 4.78 is 1.23. The molecule has 1 heterocycles. The first-order chi connectivity index (χ1) is 7.22. The molecule has 2 N–H and O–H groups in total. The van der Waals surface area contributed by atoms with Crippen LogP contribution in [0.15, 0.2) is 22.7 Å². The zero-order chi connectivity index (χ0) is 10.8. The summed E-state index contributed by atoms with van der Waals surface area (Å²) in [6.07, 6.45) is 1.18. The standard InChI is InChI=1S/C12H17BrN2/c1-8(14-2)6-9-7-15-11-5-3-4-10(13)12(9)11/h3-5,8-9,14-15H,6-7H2,1-2H3. The number of nitrogens with one attached hydrogen (secondary N) is 2. The number of halogens is 1. The van der Waals surface area contributed by atoms with Crippen molar-refractivity contribution in [2.75, 3.05) is 18.9 Å². The van der Waals surface area contributed by atoms with E-state index in [0.29, 0.717) is 12.0 Å². The number of fused-ring (bicyclic) bond motifs is 1. The second kappa shape index (κ2) is 4.54. The molecular formula is C12H17BrN2. The quantitative estimate of drug-likeness (QED) is 0.881. The van der Waals surface area contributed by atoms with Crippen molar-refractivity contribution in [3.63, 3.8) is 0 Å². The maximum atomic E-state index is 3.64. The Morgan fingerprint density at radius 1 is 1.60 bits per heavy atom. The number of hydrogen-bond donors (Lipinski definition) is 2. The molecule has 0 fully saturated rings. The lowest BCUT2D eigenvalue weighted by molar-refractivity contribution is 0.514. The van der Waals surface area contributed by atoms with Crippen LogP contribution in [-0.4, -0.2) is 19.6 Å². The van der Waals surface area contributed by atoms with Crippen molar-refractivity contribution in [3.8, 4) is 0 Å². The topological polar surface area (TPSA) is 24.1 Å². The van der Waals surface area contributed by atoms with Crippen LogP contribution in [0.5, 0.6) is 0 Å². The van der Waals surface area contributed by atoms with Crippen LogP contribution in [0, 0.1) is 0 Å². The van der Waals surface area contributed by atoms with Gasteiger partial charge in [0.25, 0.3) is 0 Å². The molecule has 2 unspecified atom stereocenters. The third-order valence-electron chi connectivity index (χ3n) is 3.13. The Morgan fingerprint density at radius 3 is 3.13 bits per heavy atom. The van der Waals surface area contributed by atoms with Gasteiger partial charge in [-0.05, 0) is 38.1 Å². The molecule has 0 saturated heterocycles. The van der Waals surface area contributed by atoms with E-state index in [1.165, 1.54) is 22.1 Å². The molecule has 2 nitrogen and oxygen atoms in total. The zero-order valence-corrected chi connectivity index (χ0v) is 10.8. The number of anilines is 1. The monoisotopic (exact) mass is 268 g/mol. The van der Waals surface area contributed by atoms with Crippen LogP contribution in [0.4, 0.5) is 5.69 Å². The van der Waals surface area contributed by atoms with E-state index in [-0.39, 0.29) is 0 Å². The Balaban J connectivity index is 2.20. The highest BCUT2D eigenvalue weighted by molar-refractivity contribution is 9.10. The molecule has 82 valence electrons. The smallest absolute Gasteiger partial charge is 0.0387 e. The summed E-state index contributed by atoms with van der Waals surface area (Å²) in [4.78, 5) is 0. The second-order valence-electron chi connectivity index (χ2n) is 4.20. The molecule has 0 radical (unpaired) electrons. The van der Waals surface area contributed by atoms with E-state index >= 15 is 0 Å².